The van der Waals surface area contributed by atoms with Crippen LogP contribution in [0.2, 0.25) is 0 Å². The second-order valence-corrected chi connectivity index (χ2v) is 11.4. The number of carbonyl (C=O) groups excluding carboxylic acids is 1. The molecular formula is C30H40F3N5O4. The Bertz CT molecular complexity index is 1190. The van der Waals surface area contributed by atoms with Gasteiger partial charge in [0.2, 0.25) is 0 Å². The molecule has 0 radical (unpaired) electrons. The van der Waals surface area contributed by atoms with E-state index in [1.165, 1.54) is 18.5 Å². The fourth-order valence-electron chi connectivity index (χ4n) is 6.07. The number of nitrogens with one attached hydrogen (secondary N) is 2. The van der Waals surface area contributed by atoms with E-state index in [0.29, 0.717) is 49.4 Å². The van der Waals surface area contributed by atoms with Crippen LogP contribution in [0.5, 0.6) is 0 Å². The average molecular weight is 592 g/mol. The van der Waals surface area contributed by atoms with Gasteiger partial charge in [0.25, 0.3) is 5.91 Å². The number of anilines is 1. The molecule has 2 N–H and O–H groups in total. The van der Waals surface area contributed by atoms with E-state index in [-0.39, 0.29) is 30.3 Å². The number of benzene rings is 1. The third-order valence-corrected chi connectivity index (χ3v) is 8.58. The second-order valence-electron chi connectivity index (χ2n) is 11.4. The Morgan fingerprint density at radius 2 is 1.86 bits per heavy atom. The summed E-state index contributed by atoms with van der Waals surface area (Å²) in [5.74, 6) is 0.476. The normalized spacial score (nSPS) is 25.8. The van der Waals surface area contributed by atoms with Crippen molar-refractivity contribution in [3.05, 3.63) is 53.0 Å². The minimum absolute atomic E-state index is 0.0442. The Kier molecular flexibility index (Phi) is 9.97. The third kappa shape index (κ3) is 7.39. The summed E-state index contributed by atoms with van der Waals surface area (Å²) in [5, 5.41) is 7.03. The number of halogens is 3. The number of rotatable bonds is 8. The van der Waals surface area contributed by atoms with Crippen LogP contribution in [0.15, 0.2) is 30.6 Å². The molecule has 42 heavy (non-hydrogen) atoms. The van der Waals surface area contributed by atoms with Gasteiger partial charge >= 0.3 is 6.18 Å². The lowest BCUT2D eigenvalue weighted by Crippen LogP contribution is -2.54. The number of likely N-dealkylation sites (tertiary alicyclic amines) is 1. The van der Waals surface area contributed by atoms with Gasteiger partial charge in [-0.25, -0.2) is 9.97 Å². The van der Waals surface area contributed by atoms with E-state index in [1.807, 2.05) is 11.8 Å². The van der Waals surface area contributed by atoms with Gasteiger partial charge in [-0.05, 0) is 63.1 Å². The van der Waals surface area contributed by atoms with Crippen LogP contribution in [0, 0.1) is 6.92 Å². The van der Waals surface area contributed by atoms with Crippen molar-refractivity contribution in [3.8, 4) is 0 Å². The Morgan fingerprint density at radius 3 is 2.57 bits per heavy atom. The number of ether oxygens (including phenoxy) is 3. The highest BCUT2D eigenvalue weighted by Gasteiger charge is 2.33. The molecule has 4 atom stereocenters. The summed E-state index contributed by atoms with van der Waals surface area (Å²) < 4.78 is 56.1. The third-order valence-electron chi connectivity index (χ3n) is 8.58. The molecule has 0 bridgehead atoms. The molecule has 0 spiro atoms. The summed E-state index contributed by atoms with van der Waals surface area (Å²) in [6.07, 6.45) is 1.78. The highest BCUT2D eigenvalue weighted by molar-refractivity contribution is 5.94. The van der Waals surface area contributed by atoms with E-state index < -0.39 is 11.7 Å². The van der Waals surface area contributed by atoms with Crippen LogP contribution in [0.1, 0.15) is 71.8 Å². The Balaban J connectivity index is 1.13. The van der Waals surface area contributed by atoms with Crippen molar-refractivity contribution in [3.63, 3.8) is 0 Å². The van der Waals surface area contributed by atoms with Crippen molar-refractivity contribution in [1.82, 2.24) is 20.2 Å². The fraction of sp³-hybridized carbons (Fsp3) is 0.633. The zero-order chi connectivity index (χ0) is 29.7. The van der Waals surface area contributed by atoms with Gasteiger partial charge in [0.05, 0.1) is 30.5 Å². The van der Waals surface area contributed by atoms with Gasteiger partial charge in [-0.3, -0.25) is 4.79 Å². The lowest BCUT2D eigenvalue weighted by atomic mass is 9.97. The van der Waals surface area contributed by atoms with E-state index in [9.17, 15) is 18.0 Å². The first-order chi connectivity index (χ1) is 20.2. The number of carbonyl (C=O) groups is 1. The van der Waals surface area contributed by atoms with Crippen molar-refractivity contribution in [1.29, 1.82) is 0 Å². The predicted molar refractivity (Wildman–Crippen MR) is 150 cm³/mol. The Hall–Kier alpha value is -2.80. The summed E-state index contributed by atoms with van der Waals surface area (Å²) in [5.41, 5.74) is 1.14. The van der Waals surface area contributed by atoms with Gasteiger partial charge < -0.3 is 29.7 Å². The summed E-state index contributed by atoms with van der Waals surface area (Å²) in [6, 6.07) is 5.77. The van der Waals surface area contributed by atoms with Gasteiger partial charge in [-0.2, -0.15) is 13.2 Å². The minimum Gasteiger partial charge on any atom is -0.379 e. The smallest absolute Gasteiger partial charge is 0.379 e. The fourth-order valence-corrected chi connectivity index (χ4v) is 6.07. The first kappa shape index (κ1) is 30.7. The summed E-state index contributed by atoms with van der Waals surface area (Å²) in [4.78, 5) is 24.0. The lowest BCUT2D eigenvalue weighted by Gasteiger charge is -2.38. The molecule has 12 heteroatoms. The van der Waals surface area contributed by atoms with Gasteiger partial charge in [-0.15, -0.1) is 0 Å². The number of piperidine rings is 1. The van der Waals surface area contributed by atoms with Gasteiger partial charge in [0.15, 0.2) is 0 Å². The van der Waals surface area contributed by atoms with Crippen LogP contribution in [0.4, 0.5) is 19.0 Å². The van der Waals surface area contributed by atoms with E-state index in [1.54, 1.807) is 7.11 Å². The van der Waals surface area contributed by atoms with Gasteiger partial charge in [0, 0.05) is 51.0 Å². The van der Waals surface area contributed by atoms with Crippen LogP contribution < -0.4 is 10.6 Å². The van der Waals surface area contributed by atoms with Gasteiger partial charge in [-0.1, -0.05) is 12.1 Å². The molecule has 0 aliphatic carbocycles. The van der Waals surface area contributed by atoms with E-state index in [4.69, 9.17) is 14.2 Å². The number of amides is 1. The Morgan fingerprint density at radius 1 is 1.10 bits per heavy atom. The zero-order valence-electron chi connectivity index (χ0n) is 24.2. The molecule has 1 aromatic heterocycles. The molecule has 1 amide bonds. The maximum absolute atomic E-state index is 13.4. The largest absolute Gasteiger partial charge is 0.416 e. The molecular weight excluding hydrogens is 551 g/mol. The van der Waals surface area contributed by atoms with Gasteiger partial charge in [0.1, 0.15) is 17.8 Å². The maximum Gasteiger partial charge on any atom is 0.416 e. The van der Waals surface area contributed by atoms with Crippen molar-refractivity contribution < 1.29 is 32.2 Å². The van der Waals surface area contributed by atoms with Crippen LogP contribution in [0.3, 0.4) is 0 Å². The monoisotopic (exact) mass is 591 g/mol. The lowest BCUT2D eigenvalue weighted by molar-refractivity contribution is -0.137. The summed E-state index contributed by atoms with van der Waals surface area (Å²) in [7, 11) is 1.71. The van der Waals surface area contributed by atoms with Crippen molar-refractivity contribution >= 4 is 11.7 Å². The molecule has 5 rings (SSSR count). The molecule has 230 valence electrons. The Labute approximate surface area is 244 Å². The van der Waals surface area contributed by atoms with Crippen molar-refractivity contribution in [2.45, 2.75) is 82.0 Å². The number of hydrogen-bond acceptors (Lipinski definition) is 8. The predicted octanol–water partition coefficient (Wildman–Crippen LogP) is 4.52. The first-order valence-electron chi connectivity index (χ1n) is 14.8. The van der Waals surface area contributed by atoms with E-state index >= 15 is 0 Å². The van der Waals surface area contributed by atoms with Crippen molar-refractivity contribution in [2.75, 3.05) is 45.3 Å². The van der Waals surface area contributed by atoms with E-state index in [2.05, 4.69) is 20.6 Å². The topological polar surface area (TPSA) is 97.8 Å². The maximum atomic E-state index is 13.4. The van der Waals surface area contributed by atoms with Crippen LogP contribution >= 0.6 is 0 Å². The molecule has 3 aliphatic heterocycles. The average Bonchev–Trinajstić information content (AvgIpc) is 3.01. The first-order valence-corrected chi connectivity index (χ1v) is 14.8. The highest BCUT2D eigenvalue weighted by atomic mass is 19.4. The number of nitrogens with zero attached hydrogens (tertiary/aromatic N) is 3. The number of methoxy groups -OCH3 is 1. The van der Waals surface area contributed by atoms with Crippen LogP contribution in [-0.2, 0) is 20.4 Å². The zero-order valence-corrected chi connectivity index (χ0v) is 24.2. The molecule has 0 unspecified atom stereocenters. The SMILES string of the molecule is CO[C@H]1COCC[C@H]1NC1CCN(C(=O)c2ncnc(NC[C@@H]3CCC[C@H](c4ccc(C(F)(F)F)cc4)O3)c2C)CC1. The molecule has 2 aromatic rings. The quantitative estimate of drug-likeness (QED) is 0.463. The number of alkyl halides is 3. The van der Waals surface area contributed by atoms with Crippen molar-refractivity contribution in [2.24, 2.45) is 0 Å². The minimum atomic E-state index is -4.36. The summed E-state index contributed by atoms with van der Waals surface area (Å²) >= 11 is 0. The van der Waals surface area contributed by atoms with E-state index in [0.717, 1.165) is 62.8 Å². The highest BCUT2D eigenvalue weighted by Crippen LogP contribution is 2.34. The molecule has 3 aliphatic rings. The molecule has 1 aromatic carbocycles. The molecule has 0 saturated carbocycles. The number of hydrogen-bond donors (Lipinski definition) is 2. The molecule has 3 fully saturated rings. The molecule has 9 nitrogen and oxygen atoms in total. The standard InChI is InChI=1S/C30H40F3N5O4/c1-19-27(29(39)38-13-10-22(11-14-38)37-24-12-15-41-17-26(24)40-2)35-18-36-28(19)34-16-23-4-3-5-25(42-23)20-6-8-21(9-7-20)30(31,32)33/h6-9,18,22-26,37H,3-5,10-17H2,1-2H3,(H,34,35,36)/t23-,24+,25+,26-/m0/s1. The second kappa shape index (κ2) is 13.7. The molecule has 4 heterocycles. The van der Waals surface area contributed by atoms with Crippen LogP contribution in [-0.4, -0.2) is 85.0 Å². The number of aromatic nitrogens is 2. The van der Waals surface area contributed by atoms with Crippen LogP contribution in [0.25, 0.3) is 0 Å². The molecule has 3 saturated heterocycles. The summed E-state index contributed by atoms with van der Waals surface area (Å²) in [6.45, 7) is 4.92.